The van der Waals surface area contributed by atoms with Crippen molar-refractivity contribution in [3.05, 3.63) is 113 Å². The van der Waals surface area contributed by atoms with Gasteiger partial charge in [-0.05, 0) is 82.0 Å². The molecule has 0 aromatic heterocycles. The third-order valence-electron chi connectivity index (χ3n) is 7.90. The van der Waals surface area contributed by atoms with Gasteiger partial charge in [0.2, 0.25) is 0 Å². The Balaban J connectivity index is 1.44. The zero-order valence-electron chi connectivity index (χ0n) is 19.8. The summed E-state index contributed by atoms with van der Waals surface area (Å²) in [6, 6.07) is 32.5. The highest BCUT2D eigenvalue weighted by Crippen LogP contribution is 2.44. The molecule has 0 radical (unpaired) electrons. The average molecular weight is 430 g/mol. The van der Waals surface area contributed by atoms with Crippen LogP contribution in [-0.4, -0.2) is 6.04 Å². The van der Waals surface area contributed by atoms with E-state index in [1.165, 1.54) is 55.8 Å². The van der Waals surface area contributed by atoms with E-state index in [1.54, 1.807) is 0 Å². The molecule has 1 aliphatic heterocycles. The number of aryl methyl sites for hydroxylation is 1. The van der Waals surface area contributed by atoms with Crippen LogP contribution in [0, 0.1) is 0 Å². The van der Waals surface area contributed by atoms with E-state index in [1.807, 2.05) is 0 Å². The van der Waals surface area contributed by atoms with Gasteiger partial charge < -0.3 is 4.90 Å². The second-order valence-electron chi connectivity index (χ2n) is 9.78. The second kappa shape index (κ2) is 7.92. The third-order valence-corrected chi connectivity index (χ3v) is 7.90. The van der Waals surface area contributed by atoms with Gasteiger partial charge in [0.05, 0.1) is 0 Å². The lowest BCUT2D eigenvalue weighted by Crippen LogP contribution is -2.30. The lowest BCUT2D eigenvalue weighted by molar-refractivity contribution is 0.591. The summed E-state index contributed by atoms with van der Waals surface area (Å²) in [7, 11) is 0. The Kier molecular flexibility index (Phi) is 4.87. The molecule has 2 aliphatic rings. The SMILES string of the molecule is CCc1cc(CN2c3ccccc3[C@H](C)[C@@H]2C)cc(-c2cccc3c2-c2ccccc2C3)c1. The molecular formula is C32H31N. The predicted molar refractivity (Wildman–Crippen MR) is 140 cm³/mol. The summed E-state index contributed by atoms with van der Waals surface area (Å²) in [5, 5.41) is 0. The van der Waals surface area contributed by atoms with Crippen LogP contribution in [0.3, 0.4) is 0 Å². The Labute approximate surface area is 197 Å². The highest BCUT2D eigenvalue weighted by molar-refractivity contribution is 5.90. The van der Waals surface area contributed by atoms with E-state index >= 15 is 0 Å². The largest absolute Gasteiger partial charge is 0.364 e. The number of rotatable bonds is 4. The summed E-state index contributed by atoms with van der Waals surface area (Å²) in [4.78, 5) is 2.60. The van der Waals surface area contributed by atoms with Crippen LogP contribution >= 0.6 is 0 Å². The van der Waals surface area contributed by atoms with Gasteiger partial charge in [-0.3, -0.25) is 0 Å². The molecule has 0 unspecified atom stereocenters. The van der Waals surface area contributed by atoms with Crippen molar-refractivity contribution in [2.45, 2.75) is 52.1 Å². The minimum Gasteiger partial charge on any atom is -0.364 e. The van der Waals surface area contributed by atoms with Gasteiger partial charge in [-0.25, -0.2) is 0 Å². The van der Waals surface area contributed by atoms with E-state index < -0.39 is 0 Å². The average Bonchev–Trinajstić information content (AvgIpc) is 3.35. The van der Waals surface area contributed by atoms with E-state index in [0.29, 0.717) is 12.0 Å². The van der Waals surface area contributed by atoms with Crippen LogP contribution in [0.4, 0.5) is 5.69 Å². The van der Waals surface area contributed by atoms with Gasteiger partial charge in [0.1, 0.15) is 0 Å². The summed E-state index contributed by atoms with van der Waals surface area (Å²) in [6.07, 6.45) is 2.09. The molecule has 0 amide bonds. The number of benzene rings is 4. The van der Waals surface area contributed by atoms with Crippen LogP contribution in [0.15, 0.2) is 84.9 Å². The van der Waals surface area contributed by atoms with Crippen LogP contribution in [0.5, 0.6) is 0 Å². The van der Waals surface area contributed by atoms with Crippen molar-refractivity contribution in [3.63, 3.8) is 0 Å². The zero-order valence-corrected chi connectivity index (χ0v) is 19.8. The molecule has 0 N–H and O–H groups in total. The fourth-order valence-corrected chi connectivity index (χ4v) is 5.95. The van der Waals surface area contributed by atoms with Crippen molar-refractivity contribution in [3.8, 4) is 22.3 Å². The molecule has 1 aliphatic carbocycles. The van der Waals surface area contributed by atoms with Crippen molar-refractivity contribution in [2.24, 2.45) is 0 Å². The first kappa shape index (κ1) is 20.3. The lowest BCUT2D eigenvalue weighted by atomic mass is 9.91. The maximum Gasteiger partial charge on any atom is 0.0433 e. The number of hydrogen-bond acceptors (Lipinski definition) is 1. The van der Waals surface area contributed by atoms with Gasteiger partial charge in [0.25, 0.3) is 0 Å². The number of para-hydroxylation sites is 1. The monoisotopic (exact) mass is 429 g/mol. The Morgan fingerprint density at radius 2 is 1.48 bits per heavy atom. The normalized spacial score (nSPS) is 18.2. The summed E-state index contributed by atoms with van der Waals surface area (Å²) >= 11 is 0. The van der Waals surface area contributed by atoms with Crippen molar-refractivity contribution in [2.75, 3.05) is 4.90 Å². The number of nitrogens with zero attached hydrogens (tertiary/aromatic N) is 1. The van der Waals surface area contributed by atoms with E-state index in [9.17, 15) is 0 Å². The standard InChI is InChI=1S/C32H31N/c1-4-23-16-24(20-33-22(3)21(2)28-12-7-8-15-31(28)33)18-27(17-23)30-14-9-11-26-19-25-10-5-6-13-29(25)32(26)30/h5-18,21-22H,4,19-20H2,1-3H3/t21-,22+/m1/s1. The summed E-state index contributed by atoms with van der Waals surface area (Å²) < 4.78 is 0. The smallest absolute Gasteiger partial charge is 0.0433 e. The van der Waals surface area contributed by atoms with Crippen LogP contribution in [0.2, 0.25) is 0 Å². The van der Waals surface area contributed by atoms with Crippen molar-refractivity contribution < 1.29 is 0 Å². The van der Waals surface area contributed by atoms with E-state index in [2.05, 4.69) is 111 Å². The van der Waals surface area contributed by atoms with Crippen molar-refractivity contribution in [1.82, 2.24) is 0 Å². The molecule has 1 nitrogen and oxygen atoms in total. The minimum atomic E-state index is 0.504. The summed E-state index contributed by atoms with van der Waals surface area (Å²) in [5.41, 5.74) is 14.2. The van der Waals surface area contributed by atoms with E-state index in [4.69, 9.17) is 0 Å². The Morgan fingerprint density at radius 1 is 0.758 bits per heavy atom. The second-order valence-corrected chi connectivity index (χ2v) is 9.78. The van der Waals surface area contributed by atoms with Gasteiger partial charge in [-0.2, -0.15) is 0 Å². The van der Waals surface area contributed by atoms with Crippen LogP contribution in [0.1, 0.15) is 54.5 Å². The van der Waals surface area contributed by atoms with Crippen molar-refractivity contribution in [1.29, 1.82) is 0 Å². The molecule has 1 heteroatoms. The van der Waals surface area contributed by atoms with E-state index in [-0.39, 0.29) is 0 Å². The first-order valence-corrected chi connectivity index (χ1v) is 12.3. The predicted octanol–water partition coefficient (Wildman–Crippen LogP) is 8.00. The van der Waals surface area contributed by atoms with Crippen molar-refractivity contribution >= 4 is 5.69 Å². The zero-order chi connectivity index (χ0) is 22.5. The molecule has 4 aromatic rings. The van der Waals surface area contributed by atoms with Gasteiger partial charge in [-0.1, -0.05) is 86.6 Å². The maximum atomic E-state index is 2.60. The first-order chi connectivity index (χ1) is 16.1. The fraction of sp³-hybridized carbons (Fsp3) is 0.250. The highest BCUT2D eigenvalue weighted by Gasteiger charge is 2.32. The molecule has 164 valence electrons. The van der Waals surface area contributed by atoms with Crippen LogP contribution in [0.25, 0.3) is 22.3 Å². The molecule has 6 rings (SSSR count). The molecule has 1 heterocycles. The molecule has 33 heavy (non-hydrogen) atoms. The molecule has 0 bridgehead atoms. The lowest BCUT2D eigenvalue weighted by Gasteiger charge is -2.27. The van der Waals surface area contributed by atoms with Gasteiger partial charge in [0.15, 0.2) is 0 Å². The maximum absolute atomic E-state index is 2.60. The van der Waals surface area contributed by atoms with Gasteiger partial charge >= 0.3 is 0 Å². The summed E-state index contributed by atoms with van der Waals surface area (Å²) in [6.45, 7) is 7.96. The first-order valence-electron chi connectivity index (χ1n) is 12.3. The van der Waals surface area contributed by atoms with Gasteiger partial charge in [0, 0.05) is 24.2 Å². The topological polar surface area (TPSA) is 3.24 Å². The molecule has 0 saturated heterocycles. The number of hydrogen-bond donors (Lipinski definition) is 0. The Bertz CT molecular complexity index is 1350. The molecule has 2 atom stereocenters. The quantitative estimate of drug-likeness (QED) is 0.280. The Morgan fingerprint density at radius 3 is 2.36 bits per heavy atom. The van der Waals surface area contributed by atoms with Gasteiger partial charge in [-0.15, -0.1) is 0 Å². The van der Waals surface area contributed by atoms with E-state index in [0.717, 1.165) is 19.4 Å². The summed E-state index contributed by atoms with van der Waals surface area (Å²) in [5.74, 6) is 0.559. The number of fused-ring (bicyclic) bond motifs is 4. The molecular weight excluding hydrogens is 398 g/mol. The molecule has 4 aromatic carbocycles. The van der Waals surface area contributed by atoms with Crippen LogP contribution in [-0.2, 0) is 19.4 Å². The number of anilines is 1. The molecule has 0 spiro atoms. The Hall–Kier alpha value is -3.32. The minimum absolute atomic E-state index is 0.504. The molecule has 0 saturated carbocycles. The molecule has 0 fully saturated rings. The fourth-order valence-electron chi connectivity index (χ4n) is 5.95. The van der Waals surface area contributed by atoms with Crippen LogP contribution < -0.4 is 4.90 Å². The highest BCUT2D eigenvalue weighted by atomic mass is 15.2. The third kappa shape index (κ3) is 3.30.